The van der Waals surface area contributed by atoms with Crippen LogP contribution in [0.15, 0.2) is 65.4 Å². The van der Waals surface area contributed by atoms with Gasteiger partial charge in [-0.3, -0.25) is 9.69 Å². The first-order valence-corrected chi connectivity index (χ1v) is 12.2. The molecule has 1 saturated heterocycles. The first-order valence-electron chi connectivity index (χ1n) is 11.3. The Hall–Kier alpha value is -3.69. The van der Waals surface area contributed by atoms with Crippen LogP contribution in [0.4, 0.5) is 17.6 Å². The van der Waals surface area contributed by atoms with Crippen LogP contribution in [0.5, 0.6) is 5.75 Å². The van der Waals surface area contributed by atoms with Crippen LogP contribution in [-0.2, 0) is 0 Å². The van der Waals surface area contributed by atoms with E-state index in [1.165, 1.54) is 12.8 Å². The zero-order valence-corrected chi connectivity index (χ0v) is 19.5. The number of nitrogens with zero attached hydrogens (tertiary/aromatic N) is 4. The molecule has 2 aromatic carbocycles. The molecule has 8 nitrogen and oxygen atoms in total. The molecule has 0 saturated carbocycles. The number of rotatable bonds is 8. The zero-order valence-electron chi connectivity index (χ0n) is 18.7. The van der Waals surface area contributed by atoms with E-state index in [0.29, 0.717) is 12.2 Å². The molecule has 0 atom stereocenters. The molecule has 1 fully saturated rings. The number of aromatic nitrogens is 3. The summed E-state index contributed by atoms with van der Waals surface area (Å²) in [5, 5.41) is 11.4. The number of anilines is 3. The van der Waals surface area contributed by atoms with Crippen LogP contribution in [0.25, 0.3) is 11.1 Å². The standard InChI is InChI=1S/C25H26N6O2S/c26-24-28-25(27-21-7-9-22(10-8-21)33-15-14-30-12-1-2-13-30)29-31(24)23(32)19-5-3-18(4-6-19)20-11-16-34-17-20/h3-11,16-17H,1-2,12-15H2,(H3,26,27,28,29). The van der Waals surface area contributed by atoms with E-state index in [2.05, 4.69) is 25.7 Å². The SMILES string of the molecule is Nc1nc(Nc2ccc(OCCN3CCCC3)cc2)nn1C(=O)c1ccc(-c2ccsc2)cc1. The van der Waals surface area contributed by atoms with Crippen LogP contribution >= 0.6 is 11.3 Å². The summed E-state index contributed by atoms with van der Waals surface area (Å²) in [6.07, 6.45) is 2.56. The Morgan fingerprint density at radius 2 is 1.79 bits per heavy atom. The minimum atomic E-state index is -0.336. The Bertz CT molecular complexity index is 1230. The van der Waals surface area contributed by atoms with E-state index in [0.717, 1.165) is 46.9 Å². The van der Waals surface area contributed by atoms with Crippen molar-refractivity contribution in [2.75, 3.05) is 37.3 Å². The molecule has 3 heterocycles. The predicted molar refractivity (Wildman–Crippen MR) is 135 cm³/mol. The fraction of sp³-hybridized carbons (Fsp3) is 0.240. The number of carbonyl (C=O) groups excluding carboxylic acids is 1. The van der Waals surface area contributed by atoms with Crippen LogP contribution in [0.1, 0.15) is 23.2 Å². The maximum atomic E-state index is 12.9. The highest BCUT2D eigenvalue weighted by Crippen LogP contribution is 2.23. The minimum Gasteiger partial charge on any atom is -0.492 e. The molecule has 0 aliphatic carbocycles. The fourth-order valence-electron chi connectivity index (χ4n) is 3.95. The van der Waals surface area contributed by atoms with Gasteiger partial charge in [0.25, 0.3) is 5.91 Å². The monoisotopic (exact) mass is 474 g/mol. The highest BCUT2D eigenvalue weighted by atomic mass is 32.1. The Balaban J connectivity index is 1.20. The number of likely N-dealkylation sites (tertiary alicyclic amines) is 1. The zero-order chi connectivity index (χ0) is 23.3. The molecule has 1 aliphatic heterocycles. The van der Waals surface area contributed by atoms with Gasteiger partial charge in [-0.1, -0.05) is 12.1 Å². The predicted octanol–water partition coefficient (Wildman–Crippen LogP) is 4.50. The third-order valence-corrected chi connectivity index (χ3v) is 6.48. The number of nitrogen functional groups attached to an aromatic ring is 1. The molecule has 9 heteroatoms. The van der Waals surface area contributed by atoms with Gasteiger partial charge in [-0.2, -0.15) is 21.0 Å². The smallest absolute Gasteiger partial charge is 0.281 e. The Morgan fingerprint density at radius 3 is 2.50 bits per heavy atom. The molecule has 0 unspecified atom stereocenters. The van der Waals surface area contributed by atoms with Crippen LogP contribution < -0.4 is 15.8 Å². The van der Waals surface area contributed by atoms with Crippen LogP contribution in [0.3, 0.4) is 0 Å². The van der Waals surface area contributed by atoms with Gasteiger partial charge in [0.05, 0.1) is 0 Å². The van der Waals surface area contributed by atoms with Crippen molar-refractivity contribution in [3.8, 4) is 16.9 Å². The Morgan fingerprint density at radius 1 is 1.03 bits per heavy atom. The Labute approximate surface area is 202 Å². The van der Waals surface area contributed by atoms with Crippen molar-refractivity contribution in [2.45, 2.75) is 12.8 Å². The van der Waals surface area contributed by atoms with E-state index in [1.54, 1.807) is 23.5 Å². The molecule has 0 bridgehead atoms. The first-order chi connectivity index (χ1) is 16.7. The molecule has 4 aromatic rings. The van der Waals surface area contributed by atoms with Crippen molar-refractivity contribution in [2.24, 2.45) is 0 Å². The Kier molecular flexibility index (Phi) is 6.55. The van der Waals surface area contributed by atoms with Crippen LogP contribution in [0, 0.1) is 0 Å². The molecule has 34 heavy (non-hydrogen) atoms. The van der Waals surface area contributed by atoms with Crippen molar-refractivity contribution < 1.29 is 9.53 Å². The molecule has 0 amide bonds. The van der Waals surface area contributed by atoms with Gasteiger partial charge in [0.15, 0.2) is 0 Å². The lowest BCUT2D eigenvalue weighted by Crippen LogP contribution is -2.25. The van der Waals surface area contributed by atoms with Gasteiger partial charge in [-0.05, 0) is 90.3 Å². The molecule has 174 valence electrons. The van der Waals surface area contributed by atoms with Crippen molar-refractivity contribution in [1.29, 1.82) is 0 Å². The molecular weight excluding hydrogens is 448 g/mol. The van der Waals surface area contributed by atoms with Gasteiger partial charge >= 0.3 is 0 Å². The fourth-order valence-corrected chi connectivity index (χ4v) is 4.61. The molecule has 0 spiro atoms. The average Bonchev–Trinajstić information content (AvgIpc) is 3.63. The highest BCUT2D eigenvalue weighted by molar-refractivity contribution is 7.08. The molecule has 1 aliphatic rings. The normalized spacial score (nSPS) is 13.8. The van der Waals surface area contributed by atoms with E-state index in [4.69, 9.17) is 10.5 Å². The third kappa shape index (κ3) is 5.11. The largest absolute Gasteiger partial charge is 0.492 e. The van der Waals surface area contributed by atoms with E-state index in [-0.39, 0.29) is 17.8 Å². The second-order valence-electron chi connectivity index (χ2n) is 8.15. The quantitative estimate of drug-likeness (QED) is 0.388. The number of benzene rings is 2. The van der Waals surface area contributed by atoms with Crippen LogP contribution in [-0.4, -0.2) is 51.8 Å². The van der Waals surface area contributed by atoms with Gasteiger partial charge in [0.2, 0.25) is 11.9 Å². The number of carbonyl (C=O) groups is 1. The van der Waals surface area contributed by atoms with E-state index >= 15 is 0 Å². The lowest BCUT2D eigenvalue weighted by Gasteiger charge is -2.15. The lowest BCUT2D eigenvalue weighted by molar-refractivity contribution is 0.0948. The molecule has 3 N–H and O–H groups in total. The van der Waals surface area contributed by atoms with E-state index in [9.17, 15) is 4.79 Å². The summed E-state index contributed by atoms with van der Waals surface area (Å²) in [5.41, 5.74) is 9.41. The molecule has 2 aromatic heterocycles. The van der Waals surface area contributed by atoms with Crippen molar-refractivity contribution in [3.05, 3.63) is 70.9 Å². The second kappa shape index (κ2) is 10.1. The summed E-state index contributed by atoms with van der Waals surface area (Å²) in [7, 11) is 0. The molecule has 0 radical (unpaired) electrons. The number of hydrogen-bond donors (Lipinski definition) is 2. The van der Waals surface area contributed by atoms with Crippen molar-refractivity contribution in [3.63, 3.8) is 0 Å². The third-order valence-electron chi connectivity index (χ3n) is 5.80. The van der Waals surface area contributed by atoms with Gasteiger partial charge in [-0.25, -0.2) is 0 Å². The summed E-state index contributed by atoms with van der Waals surface area (Å²) in [6.45, 7) is 3.95. The maximum absolute atomic E-state index is 12.9. The number of ether oxygens (including phenoxy) is 1. The summed E-state index contributed by atoms with van der Waals surface area (Å²) in [6, 6.07) is 17.0. The highest BCUT2D eigenvalue weighted by Gasteiger charge is 2.16. The summed E-state index contributed by atoms with van der Waals surface area (Å²) < 4.78 is 6.95. The topological polar surface area (TPSA) is 98.3 Å². The van der Waals surface area contributed by atoms with E-state index < -0.39 is 0 Å². The van der Waals surface area contributed by atoms with Gasteiger partial charge in [0, 0.05) is 17.8 Å². The number of nitrogens with one attached hydrogen (secondary N) is 1. The second-order valence-corrected chi connectivity index (χ2v) is 8.93. The molecular formula is C25H26N6O2S. The summed E-state index contributed by atoms with van der Waals surface area (Å²) in [4.78, 5) is 19.5. The summed E-state index contributed by atoms with van der Waals surface area (Å²) >= 11 is 1.63. The summed E-state index contributed by atoms with van der Waals surface area (Å²) in [5.74, 6) is 0.750. The average molecular weight is 475 g/mol. The van der Waals surface area contributed by atoms with Gasteiger partial charge in [0.1, 0.15) is 12.4 Å². The molecule has 5 rings (SSSR count). The van der Waals surface area contributed by atoms with Gasteiger partial charge < -0.3 is 15.8 Å². The van der Waals surface area contributed by atoms with E-state index in [1.807, 2.05) is 47.8 Å². The van der Waals surface area contributed by atoms with Crippen LogP contribution in [0.2, 0.25) is 0 Å². The van der Waals surface area contributed by atoms with Crippen molar-refractivity contribution in [1.82, 2.24) is 19.7 Å². The minimum absolute atomic E-state index is 0.0243. The number of hydrogen-bond acceptors (Lipinski definition) is 8. The van der Waals surface area contributed by atoms with Gasteiger partial charge in [-0.15, -0.1) is 5.10 Å². The maximum Gasteiger partial charge on any atom is 0.281 e. The lowest BCUT2D eigenvalue weighted by atomic mass is 10.1. The number of nitrogens with two attached hydrogens (primary N) is 1. The first kappa shape index (κ1) is 22.1. The van der Waals surface area contributed by atoms with Crippen molar-refractivity contribution >= 4 is 34.8 Å². The number of thiophene rings is 1.